The summed E-state index contributed by atoms with van der Waals surface area (Å²) in [6.07, 6.45) is 2.85. The lowest BCUT2D eigenvalue weighted by Gasteiger charge is -2.43. The van der Waals surface area contributed by atoms with Gasteiger partial charge in [-0.15, -0.1) is 0 Å². The van der Waals surface area contributed by atoms with Gasteiger partial charge < -0.3 is 9.96 Å². The Labute approximate surface area is 142 Å². The molecule has 1 aliphatic rings. The standard InChI is InChI=1S/C18H42N2Si2/c1-14-15(21(8,9)19-17(2,3)4)12-13-16(14)22(10,11)20-18(5,6)7/h14-16,19-20H,12-13H2,1-11H3. The van der Waals surface area contributed by atoms with Gasteiger partial charge in [-0.1, -0.05) is 46.0 Å². The summed E-state index contributed by atoms with van der Waals surface area (Å²) in [5, 5.41) is 0. The van der Waals surface area contributed by atoms with Crippen molar-refractivity contribution in [2.45, 2.75) is 110 Å². The van der Waals surface area contributed by atoms with Crippen LogP contribution in [0.4, 0.5) is 0 Å². The molecule has 2 atom stereocenters. The van der Waals surface area contributed by atoms with Crippen LogP contribution < -0.4 is 9.96 Å². The van der Waals surface area contributed by atoms with E-state index in [4.69, 9.17) is 0 Å². The van der Waals surface area contributed by atoms with Gasteiger partial charge in [0.15, 0.2) is 0 Å². The molecule has 0 saturated heterocycles. The molecule has 132 valence electrons. The highest BCUT2D eigenvalue weighted by atomic mass is 28.3. The van der Waals surface area contributed by atoms with Crippen molar-refractivity contribution in [3.8, 4) is 0 Å². The van der Waals surface area contributed by atoms with Gasteiger partial charge in [0.05, 0.1) is 0 Å². The van der Waals surface area contributed by atoms with Gasteiger partial charge in [-0.05, 0) is 58.5 Å². The Hall–Kier alpha value is 0.354. The zero-order valence-corrected chi connectivity index (χ0v) is 19.1. The second-order valence-electron chi connectivity index (χ2n) is 10.8. The average molecular weight is 343 g/mol. The van der Waals surface area contributed by atoms with Crippen molar-refractivity contribution < 1.29 is 0 Å². The summed E-state index contributed by atoms with van der Waals surface area (Å²) in [4.78, 5) is 8.04. The van der Waals surface area contributed by atoms with Crippen molar-refractivity contribution in [2.75, 3.05) is 0 Å². The predicted molar refractivity (Wildman–Crippen MR) is 107 cm³/mol. The molecule has 1 saturated carbocycles. The van der Waals surface area contributed by atoms with Crippen LogP contribution in [0.25, 0.3) is 0 Å². The molecule has 0 aromatic heterocycles. The summed E-state index contributed by atoms with van der Waals surface area (Å²) in [5.41, 5.74) is 2.30. The lowest BCUT2D eigenvalue weighted by molar-refractivity contribution is 0.478. The average Bonchev–Trinajstić information content (AvgIpc) is 2.52. The molecule has 0 aliphatic heterocycles. The lowest BCUT2D eigenvalue weighted by atomic mass is 10.1. The monoisotopic (exact) mass is 342 g/mol. The molecule has 2 unspecified atom stereocenters. The molecule has 2 N–H and O–H groups in total. The number of nitrogens with one attached hydrogen (secondary N) is 2. The fraction of sp³-hybridized carbons (Fsp3) is 1.00. The first-order valence-corrected chi connectivity index (χ1v) is 15.3. The Kier molecular flexibility index (Phi) is 5.88. The normalized spacial score (nSPS) is 28.2. The van der Waals surface area contributed by atoms with Crippen molar-refractivity contribution in [2.24, 2.45) is 5.92 Å². The minimum Gasteiger partial charge on any atom is -0.332 e. The Morgan fingerprint density at radius 1 is 0.682 bits per heavy atom. The van der Waals surface area contributed by atoms with Crippen LogP contribution in [0.1, 0.15) is 61.3 Å². The number of rotatable bonds is 4. The van der Waals surface area contributed by atoms with Crippen LogP contribution in [0.5, 0.6) is 0 Å². The molecular formula is C18H42N2Si2. The fourth-order valence-corrected chi connectivity index (χ4v) is 14.6. The molecule has 4 heteroatoms. The van der Waals surface area contributed by atoms with E-state index in [0.29, 0.717) is 0 Å². The molecular weight excluding hydrogens is 300 g/mol. The molecule has 0 aromatic rings. The zero-order chi connectivity index (χ0) is 17.6. The molecule has 0 spiro atoms. The van der Waals surface area contributed by atoms with Crippen LogP contribution in [0.15, 0.2) is 0 Å². The number of hydrogen-bond acceptors (Lipinski definition) is 2. The third-order valence-corrected chi connectivity index (χ3v) is 13.4. The van der Waals surface area contributed by atoms with Gasteiger partial charge in [0.1, 0.15) is 16.5 Å². The van der Waals surface area contributed by atoms with Crippen LogP contribution in [0.2, 0.25) is 37.3 Å². The quantitative estimate of drug-likeness (QED) is 0.674. The van der Waals surface area contributed by atoms with E-state index in [1.54, 1.807) is 0 Å². The Morgan fingerprint density at radius 3 is 1.18 bits per heavy atom. The maximum atomic E-state index is 4.02. The van der Waals surface area contributed by atoms with Gasteiger partial charge in [0, 0.05) is 11.1 Å². The van der Waals surface area contributed by atoms with Gasteiger partial charge in [-0.2, -0.15) is 0 Å². The first-order chi connectivity index (χ1) is 9.55. The van der Waals surface area contributed by atoms with Crippen molar-refractivity contribution >= 4 is 16.5 Å². The Morgan fingerprint density at radius 2 is 0.955 bits per heavy atom. The van der Waals surface area contributed by atoms with Gasteiger partial charge >= 0.3 is 0 Å². The van der Waals surface area contributed by atoms with Gasteiger partial charge in [-0.25, -0.2) is 0 Å². The summed E-state index contributed by atoms with van der Waals surface area (Å²) in [7, 11) is -2.81. The van der Waals surface area contributed by atoms with Crippen molar-refractivity contribution in [3.05, 3.63) is 0 Å². The largest absolute Gasteiger partial charge is 0.332 e. The highest BCUT2D eigenvalue weighted by Crippen LogP contribution is 2.52. The van der Waals surface area contributed by atoms with E-state index >= 15 is 0 Å². The molecule has 1 rings (SSSR count). The molecule has 0 bridgehead atoms. The predicted octanol–water partition coefficient (Wildman–Crippen LogP) is 5.34. The molecule has 22 heavy (non-hydrogen) atoms. The summed E-state index contributed by atoms with van der Waals surface area (Å²) < 4.78 is 0. The second kappa shape index (κ2) is 6.34. The Bertz CT molecular complexity index is 342. The van der Waals surface area contributed by atoms with E-state index in [1.165, 1.54) is 12.8 Å². The van der Waals surface area contributed by atoms with Crippen molar-refractivity contribution in [3.63, 3.8) is 0 Å². The van der Waals surface area contributed by atoms with Crippen molar-refractivity contribution in [1.82, 2.24) is 9.96 Å². The summed E-state index contributed by atoms with van der Waals surface area (Å²) in [6, 6.07) is 0. The summed E-state index contributed by atoms with van der Waals surface area (Å²) in [6.45, 7) is 26.6. The smallest absolute Gasteiger partial charge is 0.123 e. The summed E-state index contributed by atoms with van der Waals surface area (Å²) in [5.74, 6) is 0.855. The van der Waals surface area contributed by atoms with E-state index in [1.807, 2.05) is 0 Å². The fourth-order valence-electron chi connectivity index (χ4n) is 5.32. The van der Waals surface area contributed by atoms with E-state index < -0.39 is 16.5 Å². The van der Waals surface area contributed by atoms with Crippen LogP contribution in [0, 0.1) is 5.92 Å². The SMILES string of the molecule is CC1C([Si](C)(C)NC(C)(C)C)CCC1[Si](C)(C)NC(C)(C)C. The first-order valence-electron chi connectivity index (χ1n) is 9.14. The van der Waals surface area contributed by atoms with E-state index in [2.05, 4.69) is 84.6 Å². The van der Waals surface area contributed by atoms with Gasteiger partial charge in [0.2, 0.25) is 0 Å². The topological polar surface area (TPSA) is 24.1 Å². The minimum absolute atomic E-state index is 0.240. The van der Waals surface area contributed by atoms with Crippen molar-refractivity contribution in [1.29, 1.82) is 0 Å². The molecule has 0 aromatic carbocycles. The van der Waals surface area contributed by atoms with Gasteiger partial charge in [-0.3, -0.25) is 0 Å². The van der Waals surface area contributed by atoms with Gasteiger partial charge in [0.25, 0.3) is 0 Å². The highest BCUT2D eigenvalue weighted by molar-refractivity contribution is 6.78. The van der Waals surface area contributed by atoms with Crippen LogP contribution in [0.3, 0.4) is 0 Å². The molecule has 0 amide bonds. The van der Waals surface area contributed by atoms with E-state index in [-0.39, 0.29) is 11.1 Å². The molecule has 1 aliphatic carbocycles. The molecule has 2 nitrogen and oxygen atoms in total. The van der Waals surface area contributed by atoms with Crippen LogP contribution in [-0.4, -0.2) is 27.5 Å². The summed E-state index contributed by atoms with van der Waals surface area (Å²) >= 11 is 0. The van der Waals surface area contributed by atoms with E-state index in [9.17, 15) is 0 Å². The Balaban J connectivity index is 2.87. The third kappa shape index (κ3) is 5.46. The molecule has 0 radical (unpaired) electrons. The second-order valence-corrected chi connectivity index (χ2v) is 19.7. The third-order valence-electron chi connectivity index (χ3n) is 5.31. The maximum Gasteiger partial charge on any atom is 0.123 e. The van der Waals surface area contributed by atoms with Crippen LogP contribution in [-0.2, 0) is 0 Å². The van der Waals surface area contributed by atoms with E-state index in [0.717, 1.165) is 17.0 Å². The lowest BCUT2D eigenvalue weighted by Crippen LogP contribution is -2.59. The number of hydrogen-bond donors (Lipinski definition) is 2. The maximum absolute atomic E-state index is 4.02. The molecule has 0 heterocycles. The minimum atomic E-state index is -1.40. The first kappa shape index (κ1) is 20.4. The highest BCUT2D eigenvalue weighted by Gasteiger charge is 2.50. The molecule has 1 fully saturated rings. The zero-order valence-electron chi connectivity index (χ0n) is 17.1. The van der Waals surface area contributed by atoms with Crippen LogP contribution >= 0.6 is 0 Å².